The van der Waals surface area contributed by atoms with Crippen LogP contribution in [0.5, 0.6) is 0 Å². The van der Waals surface area contributed by atoms with E-state index < -0.39 is 11.0 Å². The minimum absolute atomic E-state index is 0.0987. The number of hydrogen-bond donors (Lipinski definition) is 1. The van der Waals surface area contributed by atoms with Gasteiger partial charge in [0.05, 0.1) is 11.1 Å². The van der Waals surface area contributed by atoms with E-state index >= 15 is 0 Å². The molecule has 3 aromatic carbocycles. The summed E-state index contributed by atoms with van der Waals surface area (Å²) in [6.07, 6.45) is 0.0987. The van der Waals surface area contributed by atoms with E-state index in [2.05, 4.69) is 39.4 Å². The summed E-state index contributed by atoms with van der Waals surface area (Å²) in [6.45, 7) is 6.39. The molecule has 1 atom stereocenters. The molecular weight excluding hydrogens is 534 g/mol. The molecule has 8 rings (SSSR count). The predicted octanol–water partition coefficient (Wildman–Crippen LogP) is 5.48. The van der Waals surface area contributed by atoms with Gasteiger partial charge in [-0.2, -0.15) is 0 Å². The maximum Gasteiger partial charge on any atom is 0.273 e. The fraction of sp³-hybridized carbons (Fsp3) is 0.312. The molecule has 2 bridgehead atoms. The van der Waals surface area contributed by atoms with Crippen LogP contribution in [0.25, 0.3) is 0 Å². The number of aromatic nitrogens is 1. The van der Waals surface area contributed by atoms with E-state index in [1.165, 1.54) is 17.0 Å². The number of hydrogen-bond acceptors (Lipinski definition) is 7. The van der Waals surface area contributed by atoms with Crippen molar-refractivity contribution in [2.24, 2.45) is 5.41 Å². The molecule has 1 aliphatic heterocycles. The summed E-state index contributed by atoms with van der Waals surface area (Å²) >= 11 is 1.41. The first-order valence-electron chi connectivity index (χ1n) is 14.0. The molecule has 1 fully saturated rings. The minimum atomic E-state index is -1.47. The molecule has 1 unspecified atom stereocenters. The molecule has 1 aromatic heterocycles. The smallest absolute Gasteiger partial charge is 0.273 e. The van der Waals surface area contributed by atoms with Gasteiger partial charge in [-0.1, -0.05) is 66.7 Å². The van der Waals surface area contributed by atoms with Gasteiger partial charge < -0.3 is 10.2 Å². The lowest BCUT2D eigenvalue weighted by Crippen LogP contribution is -2.57. The molecule has 3 aliphatic carbocycles. The van der Waals surface area contributed by atoms with E-state index in [4.69, 9.17) is 4.98 Å². The third kappa shape index (κ3) is 4.06. The minimum Gasteiger partial charge on any atom is -0.369 e. The van der Waals surface area contributed by atoms with E-state index in [0.717, 1.165) is 49.5 Å². The molecule has 208 valence electrons. The number of carbonyl (C=O) groups is 1. The Morgan fingerprint density at radius 1 is 0.976 bits per heavy atom. The van der Waals surface area contributed by atoms with Gasteiger partial charge in [-0.05, 0) is 30.2 Å². The number of benzene rings is 3. The predicted molar refractivity (Wildman–Crippen MR) is 160 cm³/mol. The van der Waals surface area contributed by atoms with Crippen LogP contribution in [0.15, 0.2) is 84.2 Å². The van der Waals surface area contributed by atoms with Crippen molar-refractivity contribution in [3.63, 3.8) is 0 Å². The Labute approximate surface area is 242 Å². The van der Waals surface area contributed by atoms with Crippen LogP contribution in [0.3, 0.4) is 0 Å². The van der Waals surface area contributed by atoms with Crippen molar-refractivity contribution in [1.82, 2.24) is 9.88 Å². The number of amides is 1. The van der Waals surface area contributed by atoms with Gasteiger partial charge in [0.2, 0.25) is 5.91 Å². The number of carbonyl (C=O) groups excluding carboxylic acids is 1. The van der Waals surface area contributed by atoms with Crippen LogP contribution in [0, 0.1) is 15.5 Å². The summed E-state index contributed by atoms with van der Waals surface area (Å²) in [5.74, 6) is -0.507. The Morgan fingerprint density at radius 3 is 2.22 bits per heavy atom. The van der Waals surface area contributed by atoms with Gasteiger partial charge in [0, 0.05) is 72.2 Å². The van der Waals surface area contributed by atoms with E-state index in [1.807, 2.05) is 66.9 Å². The lowest BCUT2D eigenvalue weighted by molar-refractivity contribution is -0.573. The summed E-state index contributed by atoms with van der Waals surface area (Å²) in [5.41, 5.74) is 2.80. The van der Waals surface area contributed by atoms with Crippen molar-refractivity contribution in [1.29, 1.82) is 0 Å². The van der Waals surface area contributed by atoms with Crippen LogP contribution in [0.1, 0.15) is 47.2 Å². The Bertz CT molecular complexity index is 1580. The van der Waals surface area contributed by atoms with Crippen molar-refractivity contribution in [3.8, 4) is 0 Å². The van der Waals surface area contributed by atoms with Gasteiger partial charge in [0.15, 0.2) is 5.13 Å². The third-order valence-electron chi connectivity index (χ3n) is 9.18. The summed E-state index contributed by atoms with van der Waals surface area (Å²) in [7, 11) is 0. The van der Waals surface area contributed by atoms with Gasteiger partial charge in [-0.3, -0.25) is 19.8 Å². The largest absolute Gasteiger partial charge is 0.369 e. The van der Waals surface area contributed by atoms with Gasteiger partial charge in [-0.25, -0.2) is 4.98 Å². The molecule has 4 aliphatic rings. The Morgan fingerprint density at radius 2 is 1.59 bits per heavy atom. The number of fused-ring (bicyclic) bond motifs is 1. The van der Waals surface area contributed by atoms with Crippen molar-refractivity contribution in [3.05, 3.63) is 122 Å². The highest BCUT2D eigenvalue weighted by Gasteiger charge is 2.67. The van der Waals surface area contributed by atoms with E-state index in [-0.39, 0.29) is 23.2 Å². The van der Waals surface area contributed by atoms with Crippen LogP contribution < -0.4 is 10.2 Å². The molecule has 1 saturated heterocycles. The van der Waals surface area contributed by atoms with Gasteiger partial charge in [0.1, 0.15) is 0 Å². The molecule has 1 amide bonds. The van der Waals surface area contributed by atoms with Gasteiger partial charge >= 0.3 is 0 Å². The van der Waals surface area contributed by atoms with Crippen molar-refractivity contribution in [2.45, 2.75) is 31.3 Å². The zero-order valence-electron chi connectivity index (χ0n) is 22.8. The number of anilines is 2. The highest BCUT2D eigenvalue weighted by Crippen LogP contribution is 2.64. The van der Waals surface area contributed by atoms with Crippen molar-refractivity contribution < 1.29 is 9.72 Å². The number of piperazine rings is 1. The summed E-state index contributed by atoms with van der Waals surface area (Å²) in [5, 5.41) is 18.5. The van der Waals surface area contributed by atoms with Crippen LogP contribution in [0.4, 0.5) is 10.8 Å². The number of nitro groups is 1. The Hall–Kier alpha value is -4.08. The maximum absolute atomic E-state index is 14.1. The normalized spacial score (nSPS) is 24.9. The van der Waals surface area contributed by atoms with Crippen LogP contribution >= 0.6 is 11.3 Å². The molecule has 8 nitrogen and oxygen atoms in total. The number of nitrogens with zero attached hydrogens (tertiary/aromatic N) is 4. The average Bonchev–Trinajstić information content (AvgIpc) is 3.44. The summed E-state index contributed by atoms with van der Waals surface area (Å²) < 4.78 is 0. The highest BCUT2D eigenvalue weighted by molar-refractivity contribution is 7.13. The summed E-state index contributed by atoms with van der Waals surface area (Å²) in [6, 6.07) is 25.6. The number of rotatable bonds is 6. The molecule has 9 heteroatoms. The first-order chi connectivity index (χ1) is 19.9. The lowest BCUT2D eigenvalue weighted by atomic mass is 9.49. The molecule has 1 N–H and O–H groups in total. The first-order valence-corrected chi connectivity index (χ1v) is 14.9. The molecule has 41 heavy (non-hydrogen) atoms. The fourth-order valence-electron chi connectivity index (χ4n) is 7.26. The van der Waals surface area contributed by atoms with Crippen molar-refractivity contribution in [2.75, 3.05) is 36.4 Å². The molecule has 2 heterocycles. The maximum atomic E-state index is 14.1. The first kappa shape index (κ1) is 25.9. The SMILES string of the molecule is CC1(C(=O)Nc2nc(CN3CCN(c4ccccc4)CC3)cs2)CC2([N+](=O)[O-])c3ccccc3C1c1ccccc12. The quantitative estimate of drug-likeness (QED) is 0.246. The second-order valence-electron chi connectivity index (χ2n) is 11.5. The molecule has 4 aromatic rings. The van der Waals surface area contributed by atoms with Gasteiger partial charge in [0.25, 0.3) is 5.54 Å². The van der Waals surface area contributed by atoms with Crippen LogP contribution in [0.2, 0.25) is 0 Å². The number of nitrogens with one attached hydrogen (secondary N) is 1. The van der Waals surface area contributed by atoms with Crippen LogP contribution in [-0.4, -0.2) is 46.9 Å². The second-order valence-corrected chi connectivity index (χ2v) is 12.4. The summed E-state index contributed by atoms with van der Waals surface area (Å²) in [4.78, 5) is 36.3. The van der Waals surface area contributed by atoms with E-state index in [0.29, 0.717) is 16.3 Å². The Kier molecular flexibility index (Phi) is 6.17. The fourth-order valence-corrected chi connectivity index (χ4v) is 7.95. The molecular formula is C32H31N5O3S. The molecule has 0 saturated carbocycles. The average molecular weight is 566 g/mol. The zero-order chi connectivity index (χ0) is 28.2. The second kappa shape index (κ2) is 9.78. The lowest BCUT2D eigenvalue weighted by Gasteiger charge is -2.52. The number of thiazole rings is 1. The molecule has 0 radical (unpaired) electrons. The van der Waals surface area contributed by atoms with Crippen LogP contribution in [-0.2, 0) is 16.9 Å². The zero-order valence-corrected chi connectivity index (χ0v) is 23.6. The highest BCUT2D eigenvalue weighted by atomic mass is 32.1. The number of para-hydroxylation sites is 1. The Balaban J connectivity index is 1.10. The van der Waals surface area contributed by atoms with E-state index in [9.17, 15) is 14.9 Å². The van der Waals surface area contributed by atoms with Crippen molar-refractivity contribution >= 4 is 28.1 Å². The molecule has 0 spiro atoms. The third-order valence-corrected chi connectivity index (χ3v) is 9.98. The van der Waals surface area contributed by atoms with E-state index in [1.54, 1.807) is 0 Å². The monoisotopic (exact) mass is 565 g/mol. The topological polar surface area (TPSA) is 91.6 Å². The van der Waals surface area contributed by atoms with Gasteiger partial charge in [-0.15, -0.1) is 11.3 Å². The standard InChI is InChI=1S/C32H31N5O3S/c1-31(21-32(37(39)40)26-13-7-5-11-24(26)28(31)25-12-6-8-14-27(25)32)29(38)34-30-33-22(20-41-30)19-35-15-17-36(18-16-35)23-9-3-2-4-10-23/h2-14,20,28H,15-19,21H2,1H3,(H,33,34,38).